The van der Waals surface area contributed by atoms with Crippen LogP contribution in [0.25, 0.3) is 0 Å². The maximum atomic E-state index is 12.1. The van der Waals surface area contributed by atoms with E-state index in [9.17, 15) is 14.7 Å². The highest BCUT2D eigenvalue weighted by Gasteiger charge is 2.29. The fourth-order valence-corrected chi connectivity index (χ4v) is 2.74. The Morgan fingerprint density at radius 2 is 1.71 bits per heavy atom. The van der Waals surface area contributed by atoms with E-state index in [2.05, 4.69) is 0 Å². The summed E-state index contributed by atoms with van der Waals surface area (Å²) in [6, 6.07) is 8.81. The number of nitrogens with zero attached hydrogens (tertiary/aromatic N) is 2. The maximum absolute atomic E-state index is 12.1. The van der Waals surface area contributed by atoms with Crippen molar-refractivity contribution in [1.29, 1.82) is 0 Å². The van der Waals surface area contributed by atoms with Crippen LogP contribution in [0.5, 0.6) is 0 Å². The second-order valence-electron chi connectivity index (χ2n) is 7.03. The molecule has 24 heavy (non-hydrogen) atoms. The maximum Gasteiger partial charge on any atom is 0.410 e. The summed E-state index contributed by atoms with van der Waals surface area (Å²) >= 11 is 0. The highest BCUT2D eigenvalue weighted by atomic mass is 16.6. The molecule has 0 spiro atoms. The van der Waals surface area contributed by atoms with Gasteiger partial charge >= 0.3 is 6.09 Å². The molecule has 1 aliphatic rings. The normalized spacial score (nSPS) is 17.4. The number of hydrogen-bond acceptors (Lipinski definition) is 5. The van der Waals surface area contributed by atoms with Crippen LogP contribution in [-0.4, -0.2) is 59.7 Å². The molecule has 0 N–H and O–H groups in total. The molecule has 1 saturated heterocycles. The van der Waals surface area contributed by atoms with Crippen molar-refractivity contribution in [3.63, 3.8) is 0 Å². The zero-order valence-electron chi connectivity index (χ0n) is 14.5. The van der Waals surface area contributed by atoms with Gasteiger partial charge < -0.3 is 19.5 Å². The molecule has 6 nitrogen and oxygen atoms in total. The van der Waals surface area contributed by atoms with Crippen molar-refractivity contribution in [1.82, 2.24) is 9.80 Å². The Balaban J connectivity index is 1.93. The number of carboxylic acid groups (broad SMARTS) is 1. The van der Waals surface area contributed by atoms with E-state index in [-0.39, 0.29) is 6.09 Å². The Bertz CT molecular complexity index is 560. The predicted molar refractivity (Wildman–Crippen MR) is 88.3 cm³/mol. The lowest BCUT2D eigenvalue weighted by atomic mass is 10.0. The third kappa shape index (κ3) is 5.23. The second-order valence-corrected chi connectivity index (χ2v) is 7.03. The molecule has 1 fully saturated rings. The van der Waals surface area contributed by atoms with Gasteiger partial charge in [0, 0.05) is 26.2 Å². The predicted octanol–water partition coefficient (Wildman–Crippen LogP) is 0.900. The van der Waals surface area contributed by atoms with Gasteiger partial charge in [0.2, 0.25) is 0 Å². The molecule has 1 atom stereocenters. The van der Waals surface area contributed by atoms with E-state index < -0.39 is 17.6 Å². The fourth-order valence-electron chi connectivity index (χ4n) is 2.74. The highest BCUT2D eigenvalue weighted by Crippen LogP contribution is 2.15. The van der Waals surface area contributed by atoms with Crippen LogP contribution in [-0.2, 0) is 16.0 Å². The van der Waals surface area contributed by atoms with Gasteiger partial charge in [0.1, 0.15) is 5.60 Å². The van der Waals surface area contributed by atoms with Crippen molar-refractivity contribution in [2.24, 2.45) is 0 Å². The molecule has 1 aromatic rings. The lowest BCUT2D eigenvalue weighted by Crippen LogP contribution is -2.57. The van der Waals surface area contributed by atoms with Crippen molar-refractivity contribution in [2.75, 3.05) is 26.2 Å². The number of piperazine rings is 1. The molecule has 6 heteroatoms. The molecule has 0 aliphatic carbocycles. The van der Waals surface area contributed by atoms with Gasteiger partial charge in [-0.25, -0.2) is 4.79 Å². The number of rotatable bonds is 4. The first-order chi connectivity index (χ1) is 11.3. The number of hydrogen-bond donors (Lipinski definition) is 0. The van der Waals surface area contributed by atoms with Crippen molar-refractivity contribution in [3.8, 4) is 0 Å². The Morgan fingerprint density at radius 1 is 1.12 bits per heavy atom. The van der Waals surface area contributed by atoms with Gasteiger partial charge in [-0.1, -0.05) is 30.3 Å². The monoisotopic (exact) mass is 333 g/mol. The zero-order valence-corrected chi connectivity index (χ0v) is 14.5. The lowest BCUT2D eigenvalue weighted by Gasteiger charge is -2.40. The van der Waals surface area contributed by atoms with E-state index in [1.165, 1.54) is 0 Å². The van der Waals surface area contributed by atoms with Crippen molar-refractivity contribution >= 4 is 12.1 Å². The van der Waals surface area contributed by atoms with Crippen LogP contribution >= 0.6 is 0 Å². The lowest BCUT2D eigenvalue weighted by molar-refractivity contribution is -0.312. The minimum Gasteiger partial charge on any atom is -0.548 e. The Labute approximate surface area is 143 Å². The van der Waals surface area contributed by atoms with Crippen LogP contribution in [0.15, 0.2) is 30.3 Å². The van der Waals surface area contributed by atoms with E-state index in [1.807, 2.05) is 56.0 Å². The van der Waals surface area contributed by atoms with E-state index in [1.54, 1.807) is 4.90 Å². The van der Waals surface area contributed by atoms with Gasteiger partial charge in [-0.05, 0) is 32.8 Å². The van der Waals surface area contributed by atoms with E-state index >= 15 is 0 Å². The van der Waals surface area contributed by atoms with Crippen LogP contribution in [0.2, 0.25) is 0 Å². The summed E-state index contributed by atoms with van der Waals surface area (Å²) in [6.07, 6.45) is 0.0468. The van der Waals surface area contributed by atoms with Crippen molar-refractivity contribution < 1.29 is 19.4 Å². The molecular weight excluding hydrogens is 308 g/mol. The SMILES string of the molecule is CC(C)(C)OC(=O)N1CCN(C(Cc2ccccc2)C(=O)[O-])CC1. The summed E-state index contributed by atoms with van der Waals surface area (Å²) in [5.74, 6) is -1.08. The smallest absolute Gasteiger partial charge is 0.410 e. The van der Waals surface area contributed by atoms with Gasteiger partial charge in [0.05, 0.1) is 12.0 Å². The van der Waals surface area contributed by atoms with Gasteiger partial charge in [-0.3, -0.25) is 4.90 Å². The average molecular weight is 333 g/mol. The second kappa shape index (κ2) is 7.66. The molecular formula is C18H25N2O4-. The summed E-state index contributed by atoms with van der Waals surface area (Å²) < 4.78 is 5.36. The van der Waals surface area contributed by atoms with Gasteiger partial charge in [0.15, 0.2) is 0 Å². The van der Waals surface area contributed by atoms with Crippen LogP contribution < -0.4 is 5.11 Å². The third-order valence-electron chi connectivity index (χ3n) is 3.95. The number of carbonyl (C=O) groups is 2. The molecule has 2 rings (SSSR count). The average Bonchev–Trinajstić information content (AvgIpc) is 2.52. The molecule has 132 valence electrons. The van der Waals surface area contributed by atoms with E-state index in [4.69, 9.17) is 4.74 Å². The number of aliphatic carboxylic acids is 1. The Morgan fingerprint density at radius 3 is 2.21 bits per heavy atom. The Hall–Kier alpha value is -2.08. The highest BCUT2D eigenvalue weighted by molar-refractivity contribution is 5.72. The first-order valence-electron chi connectivity index (χ1n) is 8.23. The standard InChI is InChI=1S/C18H26N2O4/c1-18(2,3)24-17(23)20-11-9-19(10-12-20)15(16(21)22)13-14-7-5-4-6-8-14/h4-8,15H,9-13H2,1-3H3,(H,21,22)/p-1. The van der Waals surface area contributed by atoms with Crippen LogP contribution in [0.3, 0.4) is 0 Å². The van der Waals surface area contributed by atoms with Gasteiger partial charge in [-0.15, -0.1) is 0 Å². The van der Waals surface area contributed by atoms with Crippen LogP contribution in [0, 0.1) is 0 Å². The molecule has 1 heterocycles. The first-order valence-corrected chi connectivity index (χ1v) is 8.23. The van der Waals surface area contributed by atoms with Crippen LogP contribution in [0.1, 0.15) is 26.3 Å². The molecule has 0 bridgehead atoms. The van der Waals surface area contributed by atoms with Gasteiger partial charge in [-0.2, -0.15) is 0 Å². The molecule has 0 saturated carbocycles. The van der Waals surface area contributed by atoms with Gasteiger partial charge in [0.25, 0.3) is 0 Å². The molecule has 1 unspecified atom stereocenters. The van der Waals surface area contributed by atoms with Crippen LogP contribution in [0.4, 0.5) is 4.79 Å². The quantitative estimate of drug-likeness (QED) is 0.818. The fraction of sp³-hybridized carbons (Fsp3) is 0.556. The third-order valence-corrected chi connectivity index (χ3v) is 3.95. The minimum atomic E-state index is -1.08. The first kappa shape index (κ1) is 18.3. The summed E-state index contributed by atoms with van der Waals surface area (Å²) in [5.41, 5.74) is 0.427. The summed E-state index contributed by atoms with van der Waals surface area (Å²) in [5, 5.41) is 11.5. The number of benzene rings is 1. The van der Waals surface area contributed by atoms with E-state index in [0.29, 0.717) is 32.6 Å². The molecule has 1 aromatic carbocycles. The number of carbonyl (C=O) groups excluding carboxylic acids is 2. The molecule has 0 radical (unpaired) electrons. The number of ether oxygens (including phenoxy) is 1. The van der Waals surface area contributed by atoms with Crippen molar-refractivity contribution in [3.05, 3.63) is 35.9 Å². The van der Waals surface area contributed by atoms with E-state index in [0.717, 1.165) is 5.56 Å². The topological polar surface area (TPSA) is 72.9 Å². The largest absolute Gasteiger partial charge is 0.548 e. The van der Waals surface area contributed by atoms with Crippen molar-refractivity contribution in [2.45, 2.75) is 38.8 Å². The summed E-state index contributed by atoms with van der Waals surface area (Å²) in [6.45, 7) is 7.36. The summed E-state index contributed by atoms with van der Waals surface area (Å²) in [4.78, 5) is 27.1. The number of amides is 1. The number of carboxylic acids is 1. The molecule has 1 aliphatic heterocycles. The zero-order chi connectivity index (χ0) is 17.7. The summed E-state index contributed by atoms with van der Waals surface area (Å²) in [7, 11) is 0. The minimum absolute atomic E-state index is 0.352. The Kier molecular flexibility index (Phi) is 5.83. The molecule has 1 amide bonds. The molecule has 0 aromatic heterocycles.